The highest BCUT2D eigenvalue weighted by Gasteiger charge is 2.51. The Labute approximate surface area is 139 Å². The van der Waals surface area contributed by atoms with Crippen molar-refractivity contribution in [1.82, 2.24) is 10.2 Å². The summed E-state index contributed by atoms with van der Waals surface area (Å²) in [7, 11) is 1.53. The average Bonchev–Trinajstić information content (AvgIpc) is 3.34. The van der Waals surface area contributed by atoms with Gasteiger partial charge in [-0.15, -0.1) is 0 Å². The maximum Gasteiger partial charge on any atom is 0.329 e. The highest BCUT2D eigenvalue weighted by atomic mass is 16.5. The molecule has 1 N–H and O–H groups in total. The van der Waals surface area contributed by atoms with Gasteiger partial charge in [-0.05, 0) is 31.4 Å². The third kappa shape index (κ3) is 2.31. The zero-order chi connectivity index (χ0) is 16.8. The smallest absolute Gasteiger partial charge is 0.329 e. The number of likely N-dealkylation sites (tertiary alicyclic amines) is 1. The number of benzene rings is 1. The van der Waals surface area contributed by atoms with Crippen molar-refractivity contribution in [3.63, 3.8) is 0 Å². The number of carbonyl (C=O) groups excluding carboxylic acids is 3. The molecule has 3 fully saturated rings. The van der Waals surface area contributed by atoms with Gasteiger partial charge in [0.2, 0.25) is 5.91 Å². The van der Waals surface area contributed by atoms with E-state index in [-0.39, 0.29) is 23.8 Å². The Morgan fingerprint density at radius 1 is 1.25 bits per heavy atom. The van der Waals surface area contributed by atoms with Crippen LogP contribution in [0.3, 0.4) is 0 Å². The molecule has 24 heavy (non-hydrogen) atoms. The molecular weight excluding hydrogens is 310 g/mol. The van der Waals surface area contributed by atoms with Crippen LogP contribution >= 0.6 is 0 Å². The van der Waals surface area contributed by atoms with Crippen LogP contribution in [-0.4, -0.2) is 48.5 Å². The van der Waals surface area contributed by atoms with Gasteiger partial charge in [-0.2, -0.15) is 0 Å². The zero-order valence-corrected chi connectivity index (χ0v) is 13.4. The van der Waals surface area contributed by atoms with Crippen molar-refractivity contribution in [3.05, 3.63) is 24.3 Å². The van der Waals surface area contributed by atoms with Crippen molar-refractivity contribution < 1.29 is 19.1 Å². The number of fused-ring (bicyclic) bond motifs is 1. The number of carbonyl (C=O) groups is 3. The van der Waals surface area contributed by atoms with Crippen LogP contribution in [0.2, 0.25) is 0 Å². The summed E-state index contributed by atoms with van der Waals surface area (Å²) in [6, 6.07) is 5.44. The number of rotatable bonds is 3. The minimum absolute atomic E-state index is 0.0394. The second kappa shape index (κ2) is 5.51. The molecule has 0 radical (unpaired) electrons. The molecule has 1 aromatic carbocycles. The van der Waals surface area contributed by atoms with Gasteiger partial charge in [0.1, 0.15) is 11.8 Å². The van der Waals surface area contributed by atoms with E-state index in [2.05, 4.69) is 5.32 Å². The highest BCUT2D eigenvalue weighted by Crippen LogP contribution is 2.36. The lowest BCUT2D eigenvalue weighted by Crippen LogP contribution is -2.65. The van der Waals surface area contributed by atoms with Gasteiger partial charge >= 0.3 is 6.03 Å². The summed E-state index contributed by atoms with van der Waals surface area (Å²) in [5.41, 5.74) is 0.445. The molecule has 2 atom stereocenters. The molecule has 126 valence electrons. The van der Waals surface area contributed by atoms with E-state index in [1.807, 2.05) is 0 Å². The first-order valence-corrected chi connectivity index (χ1v) is 8.19. The van der Waals surface area contributed by atoms with E-state index >= 15 is 0 Å². The predicted molar refractivity (Wildman–Crippen MR) is 85.6 cm³/mol. The molecule has 1 aromatic rings. The molecular formula is C17H19N3O4. The van der Waals surface area contributed by atoms with Crippen molar-refractivity contribution in [3.8, 4) is 5.75 Å². The lowest BCUT2D eigenvalue weighted by atomic mass is 10.0. The van der Waals surface area contributed by atoms with E-state index in [9.17, 15) is 14.4 Å². The van der Waals surface area contributed by atoms with Crippen molar-refractivity contribution in [1.29, 1.82) is 0 Å². The summed E-state index contributed by atoms with van der Waals surface area (Å²) in [5, 5.41) is 2.87. The first-order chi connectivity index (χ1) is 11.6. The zero-order valence-electron chi connectivity index (χ0n) is 13.4. The Bertz CT molecular complexity index is 716. The fraction of sp³-hybridized carbons (Fsp3) is 0.471. The first-order valence-electron chi connectivity index (χ1n) is 8.19. The Hall–Kier alpha value is -2.57. The molecule has 2 aliphatic heterocycles. The number of nitrogens with zero attached hydrogens (tertiary/aromatic N) is 2. The lowest BCUT2D eigenvalue weighted by molar-refractivity contribution is -0.139. The molecule has 0 aromatic heterocycles. The molecule has 2 heterocycles. The third-order valence-electron chi connectivity index (χ3n) is 4.90. The highest BCUT2D eigenvalue weighted by molar-refractivity contribution is 6.19. The van der Waals surface area contributed by atoms with Crippen LogP contribution in [0.1, 0.15) is 19.3 Å². The minimum atomic E-state index is -0.609. The van der Waals surface area contributed by atoms with Crippen molar-refractivity contribution in [2.75, 3.05) is 18.6 Å². The number of hydrogen-bond donors (Lipinski definition) is 1. The number of nitrogens with one attached hydrogen (secondary N) is 1. The van der Waals surface area contributed by atoms with Crippen LogP contribution < -0.4 is 15.0 Å². The Morgan fingerprint density at radius 3 is 2.75 bits per heavy atom. The Balaban J connectivity index is 1.65. The molecule has 1 saturated carbocycles. The molecule has 3 aliphatic rings. The van der Waals surface area contributed by atoms with Gasteiger partial charge in [-0.25, -0.2) is 9.69 Å². The Kier molecular flexibility index (Phi) is 3.44. The SMILES string of the molecule is COc1cccc(N2C(=O)N[C@@H]3CCN(C(=O)C4CC4)[C@H]3C2=O)c1. The summed E-state index contributed by atoms with van der Waals surface area (Å²) in [4.78, 5) is 40.6. The van der Waals surface area contributed by atoms with E-state index in [1.165, 1.54) is 7.11 Å². The standard InChI is InChI=1S/C17H19N3O4/c1-24-12-4-2-3-11(9-12)20-16(22)14-13(18-17(20)23)7-8-19(14)15(21)10-5-6-10/h2-4,9-10,13-14H,5-8H2,1H3,(H,18,23)/t13-,14-/m1/s1. The average molecular weight is 329 g/mol. The molecule has 0 bridgehead atoms. The van der Waals surface area contributed by atoms with Gasteiger partial charge < -0.3 is 15.0 Å². The lowest BCUT2D eigenvalue weighted by Gasteiger charge is -2.37. The summed E-state index contributed by atoms with van der Waals surface area (Å²) in [6.07, 6.45) is 2.41. The predicted octanol–water partition coefficient (Wildman–Crippen LogP) is 1.13. The van der Waals surface area contributed by atoms with Crippen LogP contribution in [0.25, 0.3) is 0 Å². The maximum absolute atomic E-state index is 13.0. The van der Waals surface area contributed by atoms with E-state index in [0.717, 1.165) is 17.7 Å². The van der Waals surface area contributed by atoms with Gasteiger partial charge in [0.05, 0.1) is 18.8 Å². The van der Waals surface area contributed by atoms with Crippen LogP contribution in [0.15, 0.2) is 24.3 Å². The molecule has 7 nitrogen and oxygen atoms in total. The first kappa shape index (κ1) is 15.0. The topological polar surface area (TPSA) is 79.0 Å². The fourth-order valence-corrected chi connectivity index (χ4v) is 3.51. The molecule has 0 spiro atoms. The molecule has 4 amide bonds. The normalized spacial score (nSPS) is 26.2. The fourth-order valence-electron chi connectivity index (χ4n) is 3.51. The number of hydrogen-bond acceptors (Lipinski definition) is 4. The van der Waals surface area contributed by atoms with Gasteiger partial charge in [-0.1, -0.05) is 6.07 Å². The van der Waals surface area contributed by atoms with Gasteiger partial charge in [0.25, 0.3) is 5.91 Å². The number of imide groups is 1. The molecule has 0 unspecified atom stereocenters. The summed E-state index contributed by atoms with van der Waals surface area (Å²) in [6.45, 7) is 0.517. The molecule has 1 aliphatic carbocycles. The summed E-state index contributed by atoms with van der Waals surface area (Å²) < 4.78 is 5.17. The van der Waals surface area contributed by atoms with Crippen LogP contribution in [0.4, 0.5) is 10.5 Å². The Morgan fingerprint density at radius 2 is 2.04 bits per heavy atom. The van der Waals surface area contributed by atoms with Crippen molar-refractivity contribution in [2.45, 2.75) is 31.3 Å². The number of urea groups is 1. The quantitative estimate of drug-likeness (QED) is 0.902. The summed E-state index contributed by atoms with van der Waals surface area (Å²) >= 11 is 0. The van der Waals surface area contributed by atoms with Gasteiger partial charge in [0, 0.05) is 18.5 Å². The van der Waals surface area contributed by atoms with E-state index in [0.29, 0.717) is 24.4 Å². The second-order valence-corrected chi connectivity index (χ2v) is 6.47. The number of amides is 4. The molecule has 4 rings (SSSR count). The largest absolute Gasteiger partial charge is 0.497 e. The minimum Gasteiger partial charge on any atom is -0.497 e. The number of methoxy groups -OCH3 is 1. The molecule has 2 saturated heterocycles. The van der Waals surface area contributed by atoms with Crippen LogP contribution in [0, 0.1) is 5.92 Å². The number of anilines is 1. The molecule has 7 heteroatoms. The van der Waals surface area contributed by atoms with Gasteiger partial charge in [0.15, 0.2) is 0 Å². The van der Waals surface area contributed by atoms with Crippen molar-refractivity contribution in [2.24, 2.45) is 5.92 Å². The van der Waals surface area contributed by atoms with Gasteiger partial charge in [-0.3, -0.25) is 9.59 Å². The third-order valence-corrected chi connectivity index (χ3v) is 4.90. The second-order valence-electron chi connectivity index (χ2n) is 6.47. The van der Waals surface area contributed by atoms with Crippen molar-refractivity contribution >= 4 is 23.5 Å². The van der Waals surface area contributed by atoms with Crippen LogP contribution in [-0.2, 0) is 9.59 Å². The van der Waals surface area contributed by atoms with Crippen LogP contribution in [0.5, 0.6) is 5.75 Å². The summed E-state index contributed by atoms with van der Waals surface area (Å²) in [5.74, 6) is 0.313. The van der Waals surface area contributed by atoms with E-state index in [1.54, 1.807) is 29.2 Å². The number of ether oxygens (including phenoxy) is 1. The maximum atomic E-state index is 13.0. The monoisotopic (exact) mass is 329 g/mol. The van der Waals surface area contributed by atoms with E-state index < -0.39 is 12.1 Å². The van der Waals surface area contributed by atoms with E-state index in [4.69, 9.17) is 4.74 Å².